The summed E-state index contributed by atoms with van der Waals surface area (Å²) in [5.74, 6) is -1.26. The largest absolute Gasteiger partial charge is 0.481 e. The second kappa shape index (κ2) is 19.1. The Morgan fingerprint density at radius 3 is 2.39 bits per heavy atom. The summed E-state index contributed by atoms with van der Waals surface area (Å²) in [6.45, 7) is 0.364. The molecule has 316 valence electrons. The summed E-state index contributed by atoms with van der Waals surface area (Å²) >= 11 is 0.957. The van der Waals surface area contributed by atoms with Gasteiger partial charge in [-0.25, -0.2) is 28.6 Å². The smallest absolute Gasteiger partial charge is 0.398 e. The monoisotopic (exact) mass is 886 g/mol. The molecule has 2 amide bonds. The first-order valence-corrected chi connectivity index (χ1v) is 21.9. The van der Waals surface area contributed by atoms with Crippen molar-refractivity contribution in [3.05, 3.63) is 42.5 Å². The molecule has 57 heavy (non-hydrogen) atoms. The number of fused-ring (bicyclic) bond motifs is 1. The van der Waals surface area contributed by atoms with E-state index in [9.17, 15) is 57.9 Å². The van der Waals surface area contributed by atoms with Crippen molar-refractivity contribution < 1.29 is 80.5 Å². The number of aliphatic hydroxyl groups excluding tert-OH is 2. The number of hydrogen-bond acceptors (Lipinski definition) is 19. The SMILES string of the molecule is CC(C)(COP(=O)(O)OP(=O)(O)OC[C@H]1O[C@@H](n2cnc3c(N)ncnc32)[C@H](O)[C@@H]1OP(=O)(O)O)[C@@H](O)C(=O)NCCC(=O)NCCSC(=O)c1ccccc1N. The fraction of sp³-hybridized carbons (Fsp3) is 0.500. The van der Waals surface area contributed by atoms with Crippen LogP contribution in [0.2, 0.25) is 0 Å². The lowest BCUT2D eigenvalue weighted by molar-refractivity contribution is -0.137. The number of amides is 2. The van der Waals surface area contributed by atoms with E-state index in [2.05, 4.69) is 34.4 Å². The van der Waals surface area contributed by atoms with E-state index in [0.29, 0.717) is 11.3 Å². The van der Waals surface area contributed by atoms with Crippen molar-refractivity contribution >= 4 is 74.8 Å². The van der Waals surface area contributed by atoms with Gasteiger partial charge in [-0.3, -0.25) is 32.5 Å². The van der Waals surface area contributed by atoms with Crippen LogP contribution in [-0.4, -0.2) is 123 Å². The van der Waals surface area contributed by atoms with Crippen LogP contribution < -0.4 is 22.1 Å². The van der Waals surface area contributed by atoms with Gasteiger partial charge in [0.05, 0.1) is 25.1 Å². The number of aliphatic hydroxyl groups is 2. The molecule has 1 saturated heterocycles. The summed E-state index contributed by atoms with van der Waals surface area (Å²) in [6, 6.07) is 6.54. The lowest BCUT2D eigenvalue weighted by Crippen LogP contribution is -2.46. The third-order valence-electron chi connectivity index (χ3n) is 7.92. The molecule has 12 N–H and O–H groups in total. The number of phosphoric ester groups is 3. The molecule has 3 aromatic rings. The minimum Gasteiger partial charge on any atom is -0.398 e. The van der Waals surface area contributed by atoms with Crippen LogP contribution in [0.25, 0.3) is 11.2 Å². The number of aromatic nitrogens is 4. The number of anilines is 2. The van der Waals surface area contributed by atoms with Gasteiger partial charge >= 0.3 is 23.5 Å². The molecule has 4 rings (SSSR count). The van der Waals surface area contributed by atoms with Gasteiger partial charge in [-0.1, -0.05) is 37.7 Å². The fourth-order valence-electron chi connectivity index (χ4n) is 5.03. The number of nitrogens with zero attached hydrogens (tertiary/aromatic N) is 4. The number of carbonyl (C=O) groups is 3. The molecule has 1 aromatic carbocycles. The third-order valence-corrected chi connectivity index (χ3v) is 11.9. The normalized spacial score (nSPS) is 21.4. The molecule has 3 heterocycles. The highest BCUT2D eigenvalue weighted by Crippen LogP contribution is 2.61. The number of phosphoric acid groups is 3. The Hall–Kier alpha value is -3.42. The standard InChI is InChI=1S/C28H41N8O17P3S/c1-28(2,22(39)25(40)32-8-7-18(37)31-9-10-57-27(41)15-5-3-4-6-16(15)29)12-50-56(47,48)53-55(45,46)49-11-17-21(52-54(42,43)44)20(38)26(51-17)36-14-35-19-23(30)33-13-34-24(19)36/h3-6,13-14,17,20-22,26,38-39H,7-12,29H2,1-2H3,(H,31,37)(H,32,40)(H,45,46)(H,47,48)(H2,30,33,34)(H2,42,43,44)/t17-,20-,21-,22+,26-/m1/s1. The molecule has 29 heteroatoms. The van der Waals surface area contributed by atoms with Crippen molar-refractivity contribution in [3.8, 4) is 0 Å². The van der Waals surface area contributed by atoms with E-state index in [0.717, 1.165) is 29.0 Å². The Morgan fingerprint density at radius 2 is 1.70 bits per heavy atom. The quantitative estimate of drug-likeness (QED) is 0.0390. The number of imidazole rings is 1. The maximum Gasteiger partial charge on any atom is 0.481 e. The van der Waals surface area contributed by atoms with Gasteiger partial charge < -0.3 is 56.6 Å². The maximum absolute atomic E-state index is 12.7. The first-order chi connectivity index (χ1) is 26.5. The zero-order valence-corrected chi connectivity index (χ0v) is 33.5. The molecule has 1 fully saturated rings. The molecule has 0 radical (unpaired) electrons. The number of nitrogen functional groups attached to an aromatic ring is 2. The molecule has 7 atom stereocenters. The van der Waals surface area contributed by atoms with E-state index in [-0.39, 0.29) is 47.4 Å². The highest BCUT2D eigenvalue weighted by atomic mass is 32.2. The van der Waals surface area contributed by atoms with Crippen LogP contribution in [-0.2, 0) is 45.9 Å². The number of para-hydroxylation sites is 1. The second-order valence-corrected chi connectivity index (χ2v) is 18.1. The van der Waals surface area contributed by atoms with Gasteiger partial charge in [0.15, 0.2) is 17.7 Å². The Balaban J connectivity index is 1.23. The number of benzene rings is 1. The summed E-state index contributed by atoms with van der Waals surface area (Å²) in [5, 5.41) is 26.1. The van der Waals surface area contributed by atoms with Crippen LogP contribution in [0.1, 0.15) is 36.9 Å². The van der Waals surface area contributed by atoms with Crippen molar-refractivity contribution in [2.45, 2.75) is 50.9 Å². The van der Waals surface area contributed by atoms with Crippen molar-refractivity contribution in [2.75, 3.05) is 43.5 Å². The molecule has 25 nitrogen and oxygen atoms in total. The van der Waals surface area contributed by atoms with E-state index >= 15 is 0 Å². The van der Waals surface area contributed by atoms with Gasteiger partial charge in [0.25, 0.3) is 0 Å². The average molecular weight is 887 g/mol. The Morgan fingerprint density at radius 1 is 1.02 bits per heavy atom. The zero-order chi connectivity index (χ0) is 42.3. The summed E-state index contributed by atoms with van der Waals surface area (Å²) in [5.41, 5.74) is 10.7. The summed E-state index contributed by atoms with van der Waals surface area (Å²) < 4.78 is 62.1. The first-order valence-electron chi connectivity index (χ1n) is 16.4. The molecular formula is C28H41N8O17P3S. The molecule has 2 unspecified atom stereocenters. The summed E-state index contributed by atoms with van der Waals surface area (Å²) in [6.07, 6.45) is -6.99. The number of carbonyl (C=O) groups excluding carboxylic acids is 3. The second-order valence-electron chi connectivity index (χ2n) is 12.8. The summed E-state index contributed by atoms with van der Waals surface area (Å²) in [4.78, 5) is 87.9. The van der Waals surface area contributed by atoms with E-state index in [1.54, 1.807) is 24.3 Å². The molecule has 2 aromatic heterocycles. The van der Waals surface area contributed by atoms with Crippen molar-refractivity contribution in [1.82, 2.24) is 30.2 Å². The average Bonchev–Trinajstić information content (AvgIpc) is 3.68. The van der Waals surface area contributed by atoms with E-state index < -0.39 is 84.6 Å². The van der Waals surface area contributed by atoms with Crippen LogP contribution in [0.15, 0.2) is 36.9 Å². The van der Waals surface area contributed by atoms with Crippen LogP contribution >= 0.6 is 35.2 Å². The topological polar surface area (TPSA) is 390 Å². The molecule has 1 aliphatic rings. The molecule has 1 aliphatic heterocycles. The van der Waals surface area contributed by atoms with Crippen molar-refractivity contribution in [2.24, 2.45) is 5.41 Å². The lowest BCUT2D eigenvalue weighted by Gasteiger charge is -2.30. The van der Waals surface area contributed by atoms with Gasteiger partial charge in [-0.05, 0) is 12.1 Å². The predicted octanol–water partition coefficient (Wildman–Crippen LogP) is -0.439. The Bertz CT molecular complexity index is 2070. The van der Waals surface area contributed by atoms with Gasteiger partial charge in [-0.15, -0.1) is 0 Å². The van der Waals surface area contributed by atoms with E-state index in [1.165, 1.54) is 13.8 Å². The molecule has 0 bridgehead atoms. The summed E-state index contributed by atoms with van der Waals surface area (Å²) in [7, 11) is -16.4. The maximum atomic E-state index is 12.7. The molecule has 0 saturated carbocycles. The van der Waals surface area contributed by atoms with Gasteiger partial charge in [0.1, 0.15) is 36.3 Å². The minimum absolute atomic E-state index is 0.0265. The fourth-order valence-corrected chi connectivity index (χ4v) is 8.59. The Labute approximate surface area is 327 Å². The molecule has 0 spiro atoms. The van der Waals surface area contributed by atoms with Crippen LogP contribution in [0.5, 0.6) is 0 Å². The predicted molar refractivity (Wildman–Crippen MR) is 197 cm³/mol. The number of thioether (sulfide) groups is 1. The minimum atomic E-state index is -5.58. The molecule has 0 aliphatic carbocycles. The van der Waals surface area contributed by atoms with Gasteiger partial charge in [-0.2, -0.15) is 4.31 Å². The third kappa shape index (κ3) is 13.0. The highest BCUT2D eigenvalue weighted by Gasteiger charge is 2.50. The van der Waals surface area contributed by atoms with Crippen molar-refractivity contribution in [1.29, 1.82) is 0 Å². The highest BCUT2D eigenvalue weighted by molar-refractivity contribution is 8.14. The van der Waals surface area contributed by atoms with Gasteiger partial charge in [0, 0.05) is 36.4 Å². The number of ether oxygens (including phenoxy) is 1. The first kappa shape index (κ1) is 46.3. The number of nitrogens with two attached hydrogens (primary N) is 2. The van der Waals surface area contributed by atoms with E-state index in [4.69, 9.17) is 25.3 Å². The molecular weight excluding hydrogens is 845 g/mol. The number of rotatable bonds is 20. The van der Waals surface area contributed by atoms with Crippen LogP contribution in [0.3, 0.4) is 0 Å². The van der Waals surface area contributed by atoms with Gasteiger partial charge in [0.2, 0.25) is 16.9 Å². The number of nitrogens with one attached hydrogen (secondary N) is 2. The van der Waals surface area contributed by atoms with Crippen LogP contribution in [0, 0.1) is 5.41 Å². The zero-order valence-electron chi connectivity index (χ0n) is 30.0. The lowest BCUT2D eigenvalue weighted by atomic mass is 9.87. The van der Waals surface area contributed by atoms with E-state index in [1.807, 2.05) is 0 Å². The number of hydrogen-bond donors (Lipinski definition) is 10. The van der Waals surface area contributed by atoms with Crippen molar-refractivity contribution in [3.63, 3.8) is 0 Å². The Kier molecular flexibility index (Phi) is 15.5. The van der Waals surface area contributed by atoms with Crippen LogP contribution in [0.4, 0.5) is 11.5 Å².